The van der Waals surface area contributed by atoms with Gasteiger partial charge in [0.1, 0.15) is 6.61 Å². The second kappa shape index (κ2) is 9.31. The zero-order chi connectivity index (χ0) is 21.8. The van der Waals surface area contributed by atoms with Crippen LogP contribution >= 0.6 is 0 Å². The molecule has 2 saturated heterocycles. The molecule has 2 aliphatic heterocycles. The van der Waals surface area contributed by atoms with Crippen molar-refractivity contribution in [3.05, 3.63) is 71.8 Å². The van der Waals surface area contributed by atoms with E-state index in [1.165, 1.54) is 4.90 Å². The standard InChI is InChI=1S/C24H26N2O5/c1-17(21-13-8-14-25(21)31-23(28)19-11-6-3-7-12-19)22(27)26-20(16-30-24(26)29)15-18-9-4-2-5-10-18/h2-7,9-12,17,20-21H,8,13-16H2,1H3/t17-,20+,21-/m0/s1. The summed E-state index contributed by atoms with van der Waals surface area (Å²) in [5.41, 5.74) is 1.49. The fraction of sp³-hybridized carbons (Fsp3) is 0.375. The van der Waals surface area contributed by atoms with Gasteiger partial charge in [0.2, 0.25) is 5.91 Å². The number of amides is 2. The van der Waals surface area contributed by atoms with E-state index in [0.29, 0.717) is 24.9 Å². The topological polar surface area (TPSA) is 76.2 Å². The van der Waals surface area contributed by atoms with Crippen LogP contribution in [0.4, 0.5) is 4.79 Å². The van der Waals surface area contributed by atoms with E-state index in [-0.39, 0.29) is 24.6 Å². The maximum atomic E-state index is 13.3. The Bertz CT molecular complexity index is 934. The van der Waals surface area contributed by atoms with E-state index in [1.54, 1.807) is 36.3 Å². The molecule has 0 spiro atoms. The van der Waals surface area contributed by atoms with E-state index in [1.807, 2.05) is 36.4 Å². The first-order chi connectivity index (χ1) is 15.0. The van der Waals surface area contributed by atoms with Crippen LogP contribution in [0.2, 0.25) is 0 Å². The van der Waals surface area contributed by atoms with Crippen molar-refractivity contribution in [1.82, 2.24) is 9.96 Å². The molecule has 0 unspecified atom stereocenters. The SMILES string of the molecule is C[C@H](C(=O)N1C(=O)OC[C@H]1Cc1ccccc1)[C@@H]1CCCN1OC(=O)c1ccccc1. The number of carbonyl (C=O) groups is 3. The fourth-order valence-electron chi connectivity index (χ4n) is 4.26. The highest BCUT2D eigenvalue weighted by Crippen LogP contribution is 2.29. The van der Waals surface area contributed by atoms with E-state index in [0.717, 1.165) is 12.0 Å². The molecule has 0 radical (unpaired) electrons. The molecular weight excluding hydrogens is 396 g/mol. The Balaban J connectivity index is 1.44. The van der Waals surface area contributed by atoms with Crippen molar-refractivity contribution in [3.8, 4) is 0 Å². The van der Waals surface area contributed by atoms with E-state index in [9.17, 15) is 14.4 Å². The summed E-state index contributed by atoms with van der Waals surface area (Å²) >= 11 is 0. The van der Waals surface area contributed by atoms with Crippen molar-refractivity contribution in [2.24, 2.45) is 5.92 Å². The molecule has 0 bridgehead atoms. The van der Waals surface area contributed by atoms with Gasteiger partial charge in [0.05, 0.1) is 23.6 Å². The van der Waals surface area contributed by atoms with Gasteiger partial charge in [-0.25, -0.2) is 14.5 Å². The van der Waals surface area contributed by atoms with E-state index in [2.05, 4.69) is 0 Å². The summed E-state index contributed by atoms with van der Waals surface area (Å²) in [4.78, 5) is 45.0. The Hall–Kier alpha value is -3.19. The summed E-state index contributed by atoms with van der Waals surface area (Å²) in [6.07, 6.45) is 1.45. The minimum Gasteiger partial charge on any atom is -0.447 e. The first kappa shape index (κ1) is 21.1. The van der Waals surface area contributed by atoms with E-state index >= 15 is 0 Å². The first-order valence-corrected chi connectivity index (χ1v) is 10.6. The van der Waals surface area contributed by atoms with Gasteiger partial charge < -0.3 is 9.57 Å². The molecule has 0 saturated carbocycles. The summed E-state index contributed by atoms with van der Waals surface area (Å²) in [6, 6.07) is 17.9. The monoisotopic (exact) mass is 422 g/mol. The highest BCUT2D eigenvalue weighted by atomic mass is 16.7. The van der Waals surface area contributed by atoms with E-state index < -0.39 is 18.0 Å². The number of imide groups is 1. The molecule has 2 aromatic carbocycles. The van der Waals surface area contributed by atoms with Crippen molar-refractivity contribution >= 4 is 18.0 Å². The Morgan fingerprint density at radius 1 is 1.10 bits per heavy atom. The summed E-state index contributed by atoms with van der Waals surface area (Å²) in [5, 5.41) is 1.59. The second-order valence-electron chi connectivity index (χ2n) is 8.01. The third kappa shape index (κ3) is 4.61. The zero-order valence-corrected chi connectivity index (χ0v) is 17.5. The van der Waals surface area contributed by atoms with Crippen molar-refractivity contribution in [2.75, 3.05) is 13.2 Å². The van der Waals surface area contributed by atoms with Gasteiger partial charge in [-0.1, -0.05) is 55.5 Å². The van der Waals surface area contributed by atoms with Gasteiger partial charge in [-0.05, 0) is 37.0 Å². The minimum absolute atomic E-state index is 0.184. The zero-order valence-electron chi connectivity index (χ0n) is 17.5. The highest BCUT2D eigenvalue weighted by Gasteiger charge is 2.44. The van der Waals surface area contributed by atoms with E-state index in [4.69, 9.17) is 9.57 Å². The molecule has 7 nitrogen and oxygen atoms in total. The molecule has 3 atom stereocenters. The molecule has 0 aromatic heterocycles. The van der Waals surface area contributed by atoms with Crippen LogP contribution in [0.15, 0.2) is 60.7 Å². The molecule has 31 heavy (non-hydrogen) atoms. The lowest BCUT2D eigenvalue weighted by Crippen LogP contribution is -2.48. The summed E-state index contributed by atoms with van der Waals surface area (Å²) < 4.78 is 5.20. The lowest BCUT2D eigenvalue weighted by molar-refractivity contribution is -0.150. The molecule has 2 amide bonds. The molecule has 7 heteroatoms. The van der Waals surface area contributed by atoms with Crippen LogP contribution in [0.1, 0.15) is 35.7 Å². The second-order valence-corrected chi connectivity index (χ2v) is 8.01. The largest absolute Gasteiger partial charge is 0.447 e. The Kier molecular flexibility index (Phi) is 6.32. The molecule has 2 fully saturated rings. The average molecular weight is 422 g/mol. The molecule has 2 aliphatic rings. The fourth-order valence-corrected chi connectivity index (χ4v) is 4.26. The number of carbonyl (C=O) groups excluding carboxylic acids is 3. The average Bonchev–Trinajstić information content (AvgIpc) is 3.40. The van der Waals surface area contributed by atoms with Crippen LogP contribution in [-0.4, -0.2) is 53.2 Å². The number of hydrogen-bond donors (Lipinski definition) is 0. The van der Waals surface area contributed by atoms with Gasteiger partial charge in [-0.3, -0.25) is 4.79 Å². The number of benzene rings is 2. The molecule has 2 aromatic rings. The van der Waals surface area contributed by atoms with Gasteiger partial charge in [0.25, 0.3) is 0 Å². The van der Waals surface area contributed by atoms with Crippen LogP contribution in [0, 0.1) is 5.92 Å². The third-order valence-electron chi connectivity index (χ3n) is 5.94. The van der Waals surface area contributed by atoms with Crippen LogP contribution < -0.4 is 0 Å². The summed E-state index contributed by atoms with van der Waals surface area (Å²) in [7, 11) is 0. The number of hydrogen-bond acceptors (Lipinski definition) is 6. The normalized spacial score (nSPS) is 22.2. The Morgan fingerprint density at radius 2 is 1.77 bits per heavy atom. The lowest BCUT2D eigenvalue weighted by atomic mass is 9.97. The maximum Gasteiger partial charge on any atom is 0.416 e. The van der Waals surface area contributed by atoms with Crippen molar-refractivity contribution in [2.45, 2.75) is 38.3 Å². The molecule has 162 valence electrons. The van der Waals surface area contributed by atoms with Crippen molar-refractivity contribution < 1.29 is 24.0 Å². The summed E-state index contributed by atoms with van der Waals surface area (Å²) in [5.74, 6) is -1.26. The summed E-state index contributed by atoms with van der Waals surface area (Å²) in [6.45, 7) is 2.52. The molecule has 4 rings (SSSR count). The van der Waals surface area contributed by atoms with Gasteiger partial charge >= 0.3 is 12.1 Å². The van der Waals surface area contributed by atoms with Crippen LogP contribution in [0.5, 0.6) is 0 Å². The smallest absolute Gasteiger partial charge is 0.416 e. The number of nitrogens with zero attached hydrogens (tertiary/aromatic N) is 2. The van der Waals surface area contributed by atoms with Crippen molar-refractivity contribution in [3.63, 3.8) is 0 Å². The maximum absolute atomic E-state index is 13.3. The van der Waals surface area contributed by atoms with Gasteiger partial charge in [-0.2, -0.15) is 0 Å². The third-order valence-corrected chi connectivity index (χ3v) is 5.94. The number of hydroxylamine groups is 2. The molecule has 2 heterocycles. The lowest BCUT2D eigenvalue weighted by Gasteiger charge is -2.30. The number of ether oxygens (including phenoxy) is 1. The van der Waals surface area contributed by atoms with Gasteiger partial charge in [0.15, 0.2) is 0 Å². The highest BCUT2D eigenvalue weighted by molar-refractivity contribution is 5.95. The molecule has 0 aliphatic carbocycles. The predicted octanol–water partition coefficient (Wildman–Crippen LogP) is 3.45. The van der Waals surface area contributed by atoms with Crippen LogP contribution in [0.3, 0.4) is 0 Å². The van der Waals surface area contributed by atoms with Crippen LogP contribution in [-0.2, 0) is 20.8 Å². The Labute approximate surface area is 181 Å². The minimum atomic E-state index is -0.608. The number of cyclic esters (lactones) is 1. The number of rotatable bonds is 6. The Morgan fingerprint density at radius 3 is 2.48 bits per heavy atom. The van der Waals surface area contributed by atoms with Gasteiger partial charge in [0, 0.05) is 6.54 Å². The quantitative estimate of drug-likeness (QED) is 0.710. The molecular formula is C24H26N2O5. The predicted molar refractivity (Wildman–Crippen MR) is 113 cm³/mol. The first-order valence-electron chi connectivity index (χ1n) is 10.6. The van der Waals surface area contributed by atoms with Crippen molar-refractivity contribution in [1.29, 1.82) is 0 Å². The van der Waals surface area contributed by atoms with Crippen LogP contribution in [0.25, 0.3) is 0 Å². The van der Waals surface area contributed by atoms with Gasteiger partial charge in [-0.15, -0.1) is 5.06 Å². The molecule has 0 N–H and O–H groups in total.